The van der Waals surface area contributed by atoms with Crippen LogP contribution in [0.1, 0.15) is 44.9 Å². The van der Waals surface area contributed by atoms with Crippen LogP contribution >= 0.6 is 23.2 Å². The van der Waals surface area contributed by atoms with Crippen molar-refractivity contribution in [3.8, 4) is 0 Å². The van der Waals surface area contributed by atoms with Gasteiger partial charge in [0.05, 0.1) is 0 Å². The lowest BCUT2D eigenvalue weighted by Gasteiger charge is -2.30. The summed E-state index contributed by atoms with van der Waals surface area (Å²) in [5.74, 6) is 0. The Balaban J connectivity index is 0.000000181. The summed E-state index contributed by atoms with van der Waals surface area (Å²) in [6.07, 6.45) is 9.30. The van der Waals surface area contributed by atoms with Crippen LogP contribution < -0.4 is 0 Å². The van der Waals surface area contributed by atoms with Gasteiger partial charge in [-0.3, -0.25) is 0 Å². The number of ether oxygens (including phenoxy) is 2. The molecule has 0 aromatic rings. The predicted molar refractivity (Wildman–Crippen MR) is 72.6 cm³/mol. The van der Waals surface area contributed by atoms with Crippen molar-refractivity contribution in [1.29, 1.82) is 0 Å². The van der Waals surface area contributed by atoms with Crippen molar-refractivity contribution in [2.24, 2.45) is 0 Å². The highest BCUT2D eigenvalue weighted by Gasteiger charge is 2.28. The second-order valence-corrected chi connectivity index (χ2v) is 5.63. The normalized spacial score (nSPS) is 33.4. The maximum Gasteiger partial charge on any atom is 0.145 e. The van der Waals surface area contributed by atoms with E-state index in [0.717, 1.165) is 38.9 Å². The first-order valence-electron chi connectivity index (χ1n) is 6.36. The molecule has 2 fully saturated rings. The van der Waals surface area contributed by atoms with Crippen molar-refractivity contribution < 1.29 is 9.47 Å². The first kappa shape index (κ1) is 15.3. The van der Waals surface area contributed by atoms with Crippen LogP contribution in [0.25, 0.3) is 0 Å². The minimum absolute atomic E-state index is 0.00810. The molecule has 2 nitrogen and oxygen atoms in total. The Hall–Kier alpha value is 0.240. The Morgan fingerprint density at radius 1 is 1.24 bits per heavy atom. The smallest absolute Gasteiger partial charge is 0.145 e. The lowest BCUT2D eigenvalue weighted by atomic mass is 10.1. The Morgan fingerprint density at radius 3 is 2.41 bits per heavy atom. The van der Waals surface area contributed by atoms with E-state index in [2.05, 4.69) is 6.58 Å². The molecule has 0 spiro atoms. The fraction of sp³-hybridized carbons (Fsp3) is 0.846. The highest BCUT2D eigenvalue weighted by molar-refractivity contribution is 6.23. The van der Waals surface area contributed by atoms with Gasteiger partial charge in [0.25, 0.3) is 0 Å². The van der Waals surface area contributed by atoms with E-state index in [9.17, 15) is 0 Å². The lowest BCUT2D eigenvalue weighted by Crippen LogP contribution is -2.29. The molecule has 0 aliphatic carbocycles. The van der Waals surface area contributed by atoms with Crippen LogP contribution in [0.5, 0.6) is 0 Å². The molecule has 100 valence electrons. The first-order valence-corrected chi connectivity index (χ1v) is 7.17. The summed E-state index contributed by atoms with van der Waals surface area (Å²) in [5, 5.41) is -0.417. The zero-order chi connectivity index (χ0) is 12.6. The molecule has 17 heavy (non-hydrogen) atoms. The van der Waals surface area contributed by atoms with Crippen LogP contribution in [0.2, 0.25) is 0 Å². The molecule has 2 atom stereocenters. The number of rotatable bonds is 2. The van der Waals surface area contributed by atoms with Gasteiger partial charge in [-0.15, -0.1) is 6.58 Å². The molecule has 2 heterocycles. The number of alkyl halides is 2. The van der Waals surface area contributed by atoms with Gasteiger partial charge in [0.15, 0.2) is 0 Å². The molecule has 0 aromatic heterocycles. The van der Waals surface area contributed by atoms with E-state index in [-0.39, 0.29) is 5.56 Å². The zero-order valence-electron chi connectivity index (χ0n) is 10.3. The molecule has 4 heteroatoms. The Kier molecular flexibility index (Phi) is 7.52. The molecule has 0 aromatic carbocycles. The van der Waals surface area contributed by atoms with Crippen LogP contribution in [0, 0.1) is 0 Å². The highest BCUT2D eigenvalue weighted by atomic mass is 35.5. The molecule has 0 amide bonds. The van der Waals surface area contributed by atoms with Gasteiger partial charge in [-0.25, -0.2) is 0 Å². The summed E-state index contributed by atoms with van der Waals surface area (Å²) in [6, 6.07) is 0. The summed E-state index contributed by atoms with van der Waals surface area (Å²) in [6.45, 7) is 5.29. The van der Waals surface area contributed by atoms with E-state index in [1.54, 1.807) is 0 Å². The molecular formula is C13H22Cl2O2. The Labute approximate surface area is 114 Å². The van der Waals surface area contributed by atoms with E-state index < -0.39 is 5.06 Å². The molecule has 2 aliphatic rings. The van der Waals surface area contributed by atoms with E-state index in [4.69, 9.17) is 32.7 Å². The van der Waals surface area contributed by atoms with Crippen LogP contribution in [0.3, 0.4) is 0 Å². The summed E-state index contributed by atoms with van der Waals surface area (Å²) < 4.78 is 10.4. The second kappa shape index (κ2) is 8.36. The second-order valence-electron chi connectivity index (χ2n) is 4.46. The monoisotopic (exact) mass is 280 g/mol. The highest BCUT2D eigenvalue weighted by Crippen LogP contribution is 2.32. The standard InChI is InChI=1S/C8H13ClO.C5H9ClO/c1-2-5-8(9)6-3-4-7-10-8;6-5-3-1-2-4-7-5/h2H,1,3-7H2;5H,1-4H2. The molecule has 0 N–H and O–H groups in total. The maximum atomic E-state index is 6.08. The molecular weight excluding hydrogens is 259 g/mol. The topological polar surface area (TPSA) is 18.5 Å². The first-order chi connectivity index (χ1) is 8.16. The number of hydrogen-bond donors (Lipinski definition) is 0. The molecule has 0 radical (unpaired) electrons. The van der Waals surface area contributed by atoms with E-state index in [0.29, 0.717) is 0 Å². The van der Waals surface area contributed by atoms with Crippen molar-refractivity contribution >= 4 is 23.2 Å². The number of hydrogen-bond acceptors (Lipinski definition) is 2. The zero-order valence-corrected chi connectivity index (χ0v) is 11.8. The summed E-state index contributed by atoms with van der Waals surface area (Å²) >= 11 is 11.7. The molecule has 0 bridgehead atoms. The summed E-state index contributed by atoms with van der Waals surface area (Å²) in [7, 11) is 0. The lowest BCUT2D eigenvalue weighted by molar-refractivity contribution is -0.0145. The van der Waals surface area contributed by atoms with Gasteiger partial charge in [-0.1, -0.05) is 29.3 Å². The molecule has 2 saturated heterocycles. The van der Waals surface area contributed by atoms with Crippen molar-refractivity contribution in [2.75, 3.05) is 13.2 Å². The predicted octanol–water partition coefficient (Wildman–Crippen LogP) is 4.45. The number of halogens is 2. The van der Waals surface area contributed by atoms with E-state index >= 15 is 0 Å². The third-order valence-corrected chi connectivity index (χ3v) is 3.68. The summed E-state index contributed by atoms with van der Waals surface area (Å²) in [5.41, 5.74) is 0.00810. The molecule has 2 aliphatic heterocycles. The Morgan fingerprint density at radius 2 is 2.00 bits per heavy atom. The minimum Gasteiger partial charge on any atom is -0.362 e. The summed E-state index contributed by atoms with van der Waals surface area (Å²) in [4.78, 5) is 0. The van der Waals surface area contributed by atoms with Gasteiger partial charge in [0, 0.05) is 19.6 Å². The van der Waals surface area contributed by atoms with Crippen LogP contribution in [0.15, 0.2) is 12.7 Å². The SMILES string of the molecule is C=CCC1(Cl)CCCCO1.ClC1CCCCO1. The van der Waals surface area contributed by atoms with Crippen LogP contribution in [-0.4, -0.2) is 23.8 Å². The van der Waals surface area contributed by atoms with Gasteiger partial charge in [-0.05, 0) is 38.5 Å². The Bertz CT molecular complexity index is 209. The molecule has 2 unspecified atom stereocenters. The fourth-order valence-corrected chi connectivity index (χ4v) is 2.46. The van der Waals surface area contributed by atoms with Gasteiger partial charge >= 0.3 is 0 Å². The van der Waals surface area contributed by atoms with E-state index in [1.165, 1.54) is 19.3 Å². The average molecular weight is 281 g/mol. The molecule has 2 rings (SSSR count). The third kappa shape index (κ3) is 6.66. The van der Waals surface area contributed by atoms with Gasteiger partial charge in [-0.2, -0.15) is 0 Å². The van der Waals surface area contributed by atoms with Crippen LogP contribution in [-0.2, 0) is 9.47 Å². The van der Waals surface area contributed by atoms with Crippen LogP contribution in [0.4, 0.5) is 0 Å². The quantitative estimate of drug-likeness (QED) is 0.550. The maximum absolute atomic E-state index is 6.08. The van der Waals surface area contributed by atoms with Crippen molar-refractivity contribution in [3.05, 3.63) is 12.7 Å². The molecule has 0 saturated carbocycles. The van der Waals surface area contributed by atoms with E-state index in [1.807, 2.05) is 6.08 Å². The third-order valence-electron chi connectivity index (χ3n) is 2.88. The van der Waals surface area contributed by atoms with Crippen molar-refractivity contribution in [1.82, 2.24) is 0 Å². The van der Waals surface area contributed by atoms with Gasteiger partial charge in [0.1, 0.15) is 10.6 Å². The minimum atomic E-state index is -0.417. The largest absolute Gasteiger partial charge is 0.362 e. The van der Waals surface area contributed by atoms with Crippen molar-refractivity contribution in [3.63, 3.8) is 0 Å². The average Bonchev–Trinajstić information content (AvgIpc) is 2.31. The fourth-order valence-electron chi connectivity index (χ4n) is 1.90. The van der Waals surface area contributed by atoms with Gasteiger partial charge < -0.3 is 9.47 Å². The van der Waals surface area contributed by atoms with Crippen molar-refractivity contribution in [2.45, 2.75) is 55.6 Å². The van der Waals surface area contributed by atoms with Gasteiger partial charge in [0.2, 0.25) is 0 Å².